The van der Waals surface area contributed by atoms with Crippen LogP contribution in [0.5, 0.6) is 0 Å². The first-order valence-electron chi connectivity index (χ1n) is 4.90. The van der Waals surface area contributed by atoms with E-state index in [1.54, 1.807) is 12.3 Å². The highest BCUT2D eigenvalue weighted by atomic mass is 79.9. The van der Waals surface area contributed by atoms with E-state index in [-0.39, 0.29) is 28.9 Å². The average Bonchev–Trinajstić information content (AvgIpc) is 2.27. The molecule has 0 atom stereocenters. The zero-order chi connectivity index (χ0) is 13.8. The summed E-state index contributed by atoms with van der Waals surface area (Å²) in [5, 5.41) is 0.496. The molecule has 100 valence electrons. The summed E-state index contributed by atoms with van der Waals surface area (Å²) in [5.41, 5.74) is -3.98. The maximum atomic E-state index is 12.3. The molecule has 0 aliphatic heterocycles. The fraction of sp³-hybridized carbons (Fsp3) is 0.364. The minimum absolute atomic E-state index is 0.0400. The Balaban J connectivity index is 3.05. The Morgan fingerprint density at radius 2 is 2.06 bits per heavy atom. The third-order valence-electron chi connectivity index (χ3n) is 2.03. The molecule has 0 N–H and O–H groups in total. The maximum Gasteiger partial charge on any atom is 0.446 e. The van der Waals surface area contributed by atoms with E-state index in [2.05, 4.69) is 15.9 Å². The number of ketones is 1. The van der Waals surface area contributed by atoms with Crippen LogP contribution in [-0.2, 0) is 0 Å². The van der Waals surface area contributed by atoms with Crippen LogP contribution in [0.15, 0.2) is 28.0 Å². The van der Waals surface area contributed by atoms with Gasteiger partial charge in [-0.15, -0.1) is 11.8 Å². The molecule has 18 heavy (non-hydrogen) atoms. The fourth-order valence-corrected chi connectivity index (χ4v) is 2.86. The van der Waals surface area contributed by atoms with Crippen molar-refractivity contribution in [1.82, 2.24) is 0 Å². The van der Waals surface area contributed by atoms with E-state index in [1.165, 1.54) is 23.9 Å². The van der Waals surface area contributed by atoms with Crippen molar-refractivity contribution in [2.24, 2.45) is 0 Å². The van der Waals surface area contributed by atoms with E-state index in [4.69, 9.17) is 0 Å². The van der Waals surface area contributed by atoms with Crippen LogP contribution in [0.2, 0.25) is 0 Å². The third kappa shape index (κ3) is 4.85. The molecule has 1 aromatic carbocycles. The number of hydrogen-bond donors (Lipinski definition) is 0. The van der Waals surface area contributed by atoms with Crippen LogP contribution < -0.4 is 0 Å². The summed E-state index contributed by atoms with van der Waals surface area (Å²) in [6.07, 6.45) is 2.06. The summed E-state index contributed by atoms with van der Waals surface area (Å²) < 4.78 is 36.8. The van der Waals surface area contributed by atoms with Gasteiger partial charge in [0.15, 0.2) is 5.78 Å². The minimum atomic E-state index is -4.34. The predicted molar refractivity (Wildman–Crippen MR) is 72.9 cm³/mol. The highest BCUT2D eigenvalue weighted by Gasteiger charge is 2.29. The number of carbonyl (C=O) groups excluding carboxylic acids is 1. The Labute approximate surface area is 120 Å². The molecule has 0 radical (unpaired) electrons. The number of halogens is 4. The highest BCUT2D eigenvalue weighted by molar-refractivity contribution is 9.09. The van der Waals surface area contributed by atoms with Crippen molar-refractivity contribution in [3.8, 4) is 0 Å². The van der Waals surface area contributed by atoms with Crippen LogP contribution in [0.3, 0.4) is 0 Å². The molecule has 0 amide bonds. The highest BCUT2D eigenvalue weighted by Crippen LogP contribution is 2.38. The smallest absolute Gasteiger partial charge is 0.294 e. The molecule has 0 heterocycles. The Morgan fingerprint density at radius 1 is 1.39 bits per heavy atom. The number of Topliss-reactive ketones (excluding diaryl/α,β-unsaturated/α-hetero) is 1. The SMILES string of the molecule is CSc1ccc(SC(F)(F)F)cc1C(=O)CCBr. The zero-order valence-electron chi connectivity index (χ0n) is 9.38. The molecule has 1 rings (SSSR count). The van der Waals surface area contributed by atoms with Crippen LogP contribution in [0.1, 0.15) is 16.8 Å². The van der Waals surface area contributed by atoms with Crippen molar-refractivity contribution >= 4 is 45.2 Å². The zero-order valence-corrected chi connectivity index (χ0v) is 12.6. The molecule has 0 bridgehead atoms. The first-order chi connectivity index (χ1) is 8.37. The van der Waals surface area contributed by atoms with Gasteiger partial charge in [-0.2, -0.15) is 13.2 Å². The molecular weight excluding hydrogens is 349 g/mol. The van der Waals surface area contributed by atoms with Crippen molar-refractivity contribution in [2.75, 3.05) is 11.6 Å². The Kier molecular flexibility index (Phi) is 6.07. The van der Waals surface area contributed by atoms with Crippen LogP contribution >= 0.6 is 39.5 Å². The summed E-state index contributed by atoms with van der Waals surface area (Å²) in [6, 6.07) is 4.25. The molecular formula is C11H10BrF3OS2. The lowest BCUT2D eigenvalue weighted by atomic mass is 10.1. The molecule has 1 nitrogen and oxygen atoms in total. The first-order valence-corrected chi connectivity index (χ1v) is 8.06. The number of rotatable bonds is 5. The van der Waals surface area contributed by atoms with Crippen molar-refractivity contribution in [3.63, 3.8) is 0 Å². The molecule has 7 heteroatoms. The lowest BCUT2D eigenvalue weighted by Crippen LogP contribution is -2.04. The second-order valence-electron chi connectivity index (χ2n) is 3.27. The minimum Gasteiger partial charge on any atom is -0.294 e. The largest absolute Gasteiger partial charge is 0.446 e. The van der Waals surface area contributed by atoms with E-state index >= 15 is 0 Å². The lowest BCUT2D eigenvalue weighted by Gasteiger charge is -2.10. The van der Waals surface area contributed by atoms with Crippen molar-refractivity contribution in [2.45, 2.75) is 21.7 Å². The Bertz CT molecular complexity index is 435. The number of benzene rings is 1. The van der Waals surface area contributed by atoms with Gasteiger partial charge in [-0.3, -0.25) is 4.79 Å². The quantitative estimate of drug-likeness (QED) is 0.419. The van der Waals surface area contributed by atoms with E-state index in [9.17, 15) is 18.0 Å². The van der Waals surface area contributed by atoms with Gasteiger partial charge in [-0.25, -0.2) is 0 Å². The van der Waals surface area contributed by atoms with E-state index in [0.717, 1.165) is 0 Å². The first kappa shape index (κ1) is 15.9. The summed E-state index contributed by atoms with van der Waals surface area (Å²) >= 11 is 4.29. The Hall–Kier alpha value is -0.140. The second-order valence-corrected chi connectivity index (χ2v) is 6.05. The summed E-state index contributed by atoms with van der Waals surface area (Å²) in [6.45, 7) is 0. The van der Waals surface area contributed by atoms with Gasteiger partial charge < -0.3 is 0 Å². The fourth-order valence-electron chi connectivity index (χ4n) is 1.32. The van der Waals surface area contributed by atoms with E-state index in [1.807, 2.05) is 0 Å². The third-order valence-corrected chi connectivity index (χ3v) is 3.94. The standard InChI is InChI=1S/C11H10BrF3OS2/c1-17-10-3-2-7(18-11(13,14)15)6-8(10)9(16)4-5-12/h2-3,6H,4-5H2,1H3. The average molecular weight is 359 g/mol. The maximum absolute atomic E-state index is 12.3. The molecule has 0 saturated carbocycles. The molecule has 0 unspecified atom stereocenters. The molecule has 0 fully saturated rings. The number of carbonyl (C=O) groups is 1. The van der Waals surface area contributed by atoms with Gasteiger partial charge in [-0.05, 0) is 36.2 Å². The van der Waals surface area contributed by atoms with Crippen molar-refractivity contribution in [3.05, 3.63) is 23.8 Å². The van der Waals surface area contributed by atoms with Gasteiger partial charge in [0, 0.05) is 27.1 Å². The monoisotopic (exact) mass is 358 g/mol. The molecule has 0 saturated heterocycles. The van der Waals surface area contributed by atoms with Crippen molar-refractivity contribution in [1.29, 1.82) is 0 Å². The molecule has 0 aromatic heterocycles. The van der Waals surface area contributed by atoms with Crippen molar-refractivity contribution < 1.29 is 18.0 Å². The van der Waals surface area contributed by atoms with Gasteiger partial charge in [0.1, 0.15) is 0 Å². The van der Waals surface area contributed by atoms with Crippen LogP contribution in [0, 0.1) is 0 Å². The number of alkyl halides is 4. The second kappa shape index (κ2) is 6.86. The summed E-state index contributed by atoms with van der Waals surface area (Å²) in [5.74, 6) is -0.152. The topological polar surface area (TPSA) is 17.1 Å². The summed E-state index contributed by atoms with van der Waals surface area (Å²) in [4.78, 5) is 12.5. The van der Waals surface area contributed by atoms with Gasteiger partial charge in [-0.1, -0.05) is 15.9 Å². The molecule has 0 spiro atoms. The lowest BCUT2D eigenvalue weighted by molar-refractivity contribution is -0.0328. The van der Waals surface area contributed by atoms with Crippen LogP contribution in [0.25, 0.3) is 0 Å². The number of thioether (sulfide) groups is 2. The Morgan fingerprint density at radius 3 is 2.56 bits per heavy atom. The van der Waals surface area contributed by atoms with Gasteiger partial charge in [0.05, 0.1) is 0 Å². The van der Waals surface area contributed by atoms with Gasteiger partial charge in [0.25, 0.3) is 0 Å². The molecule has 1 aromatic rings. The van der Waals surface area contributed by atoms with Gasteiger partial charge >= 0.3 is 5.51 Å². The predicted octanol–water partition coefficient (Wildman–Crippen LogP) is 4.99. The summed E-state index contributed by atoms with van der Waals surface area (Å²) in [7, 11) is 0. The van der Waals surface area contributed by atoms with Crippen LogP contribution in [-0.4, -0.2) is 22.9 Å². The molecule has 0 aliphatic rings. The molecule has 0 aliphatic carbocycles. The van der Waals surface area contributed by atoms with Crippen LogP contribution in [0.4, 0.5) is 13.2 Å². The van der Waals surface area contributed by atoms with E-state index in [0.29, 0.717) is 15.8 Å². The normalized spacial score (nSPS) is 11.6. The number of hydrogen-bond acceptors (Lipinski definition) is 3. The van der Waals surface area contributed by atoms with E-state index < -0.39 is 5.51 Å². The van der Waals surface area contributed by atoms with Gasteiger partial charge in [0.2, 0.25) is 0 Å².